The molecule has 0 atom stereocenters. The summed E-state index contributed by atoms with van der Waals surface area (Å²) in [6.07, 6.45) is 1.86. The molecule has 0 saturated carbocycles. The molecule has 0 unspecified atom stereocenters. The van der Waals surface area contributed by atoms with Gasteiger partial charge in [-0.25, -0.2) is 0 Å². The van der Waals surface area contributed by atoms with Crippen molar-refractivity contribution in [2.45, 2.75) is 6.92 Å². The molecule has 0 aliphatic rings. The van der Waals surface area contributed by atoms with Crippen LogP contribution in [0.2, 0.25) is 0 Å². The van der Waals surface area contributed by atoms with Crippen molar-refractivity contribution in [3.05, 3.63) is 127 Å². The van der Waals surface area contributed by atoms with Gasteiger partial charge in [0.1, 0.15) is 11.3 Å². The minimum Gasteiger partial charge on any atom is -0.456 e. The Bertz CT molecular complexity index is 1590. The molecule has 0 fully saturated rings. The lowest BCUT2D eigenvalue weighted by Gasteiger charge is -2.10. The fourth-order valence-electron chi connectivity index (χ4n) is 4.42. The van der Waals surface area contributed by atoms with Gasteiger partial charge in [-0.15, -0.1) is 0 Å². The van der Waals surface area contributed by atoms with Gasteiger partial charge in [-0.2, -0.15) is 0 Å². The van der Waals surface area contributed by atoms with E-state index in [4.69, 9.17) is 9.40 Å². The number of hydrogen-bond donors (Lipinski definition) is 0. The molecule has 0 N–H and O–H groups in total. The lowest BCUT2D eigenvalue weighted by atomic mass is 9.96. The summed E-state index contributed by atoms with van der Waals surface area (Å²) in [7, 11) is 0. The highest BCUT2D eigenvalue weighted by Gasteiger charge is 2.11. The molecule has 162 valence electrons. The SMILES string of the molecule is Cc1ccc(-c2cc3cc(-c4cccc(-c5ncccc5-c5ccccc5)c4)ccc3o2)cc1. The molecule has 0 aliphatic carbocycles. The Hall–Kier alpha value is -4.43. The van der Waals surface area contributed by atoms with Gasteiger partial charge in [-0.1, -0.05) is 90.5 Å². The minimum absolute atomic E-state index is 0.891. The van der Waals surface area contributed by atoms with Crippen LogP contribution < -0.4 is 0 Å². The van der Waals surface area contributed by atoms with Crippen molar-refractivity contribution in [2.75, 3.05) is 0 Å². The van der Waals surface area contributed by atoms with E-state index in [1.54, 1.807) is 0 Å². The third-order valence-corrected chi connectivity index (χ3v) is 6.21. The second-order valence-corrected chi connectivity index (χ2v) is 8.58. The van der Waals surface area contributed by atoms with Crippen molar-refractivity contribution in [2.24, 2.45) is 0 Å². The van der Waals surface area contributed by atoms with Crippen LogP contribution in [-0.2, 0) is 0 Å². The zero-order valence-electron chi connectivity index (χ0n) is 18.9. The Morgan fingerprint density at radius 2 is 1.29 bits per heavy atom. The van der Waals surface area contributed by atoms with Gasteiger partial charge in [0.15, 0.2) is 0 Å². The number of rotatable bonds is 4. The van der Waals surface area contributed by atoms with Crippen molar-refractivity contribution in [3.63, 3.8) is 0 Å². The van der Waals surface area contributed by atoms with Crippen LogP contribution in [0.4, 0.5) is 0 Å². The zero-order valence-corrected chi connectivity index (χ0v) is 18.9. The summed E-state index contributed by atoms with van der Waals surface area (Å²) in [6, 6.07) is 40.1. The fraction of sp³-hybridized carbons (Fsp3) is 0.0312. The van der Waals surface area contributed by atoms with Gasteiger partial charge >= 0.3 is 0 Å². The number of aryl methyl sites for hydroxylation is 1. The zero-order chi connectivity index (χ0) is 22.9. The molecule has 0 amide bonds. The standard InChI is InChI=1S/C32H23NO/c1-22-12-14-24(15-13-22)31-21-28-20-26(16-17-30(28)34-31)25-9-5-10-27(19-25)32-29(11-6-18-33-32)23-7-3-2-4-8-23/h2-21H,1H3. The van der Waals surface area contributed by atoms with Crippen LogP contribution in [-0.4, -0.2) is 4.98 Å². The monoisotopic (exact) mass is 437 g/mol. The lowest BCUT2D eigenvalue weighted by molar-refractivity contribution is 0.631. The van der Waals surface area contributed by atoms with E-state index in [1.165, 1.54) is 11.1 Å². The first-order valence-electron chi connectivity index (χ1n) is 11.5. The highest BCUT2D eigenvalue weighted by Crippen LogP contribution is 2.34. The number of hydrogen-bond acceptors (Lipinski definition) is 2. The predicted molar refractivity (Wildman–Crippen MR) is 140 cm³/mol. The Morgan fingerprint density at radius 1 is 0.559 bits per heavy atom. The molecule has 2 aromatic heterocycles. The molecule has 0 saturated heterocycles. The summed E-state index contributed by atoms with van der Waals surface area (Å²) in [6.45, 7) is 2.09. The molecule has 0 radical (unpaired) electrons. The summed E-state index contributed by atoms with van der Waals surface area (Å²) in [5, 5.41) is 1.10. The van der Waals surface area contributed by atoms with Crippen molar-refractivity contribution in [3.8, 4) is 44.8 Å². The van der Waals surface area contributed by atoms with Gasteiger partial charge < -0.3 is 4.42 Å². The molecule has 6 aromatic rings. The maximum Gasteiger partial charge on any atom is 0.135 e. The smallest absolute Gasteiger partial charge is 0.135 e. The highest BCUT2D eigenvalue weighted by molar-refractivity contribution is 5.88. The average Bonchev–Trinajstić information content (AvgIpc) is 3.33. The summed E-state index contributed by atoms with van der Waals surface area (Å²) in [4.78, 5) is 4.74. The first-order valence-corrected chi connectivity index (χ1v) is 11.5. The maximum absolute atomic E-state index is 6.13. The molecule has 2 nitrogen and oxygen atoms in total. The number of furan rings is 1. The molecule has 2 heteroatoms. The van der Waals surface area contributed by atoms with Crippen LogP contribution in [0.25, 0.3) is 55.8 Å². The maximum atomic E-state index is 6.13. The normalized spacial score (nSPS) is 11.1. The van der Waals surface area contributed by atoms with E-state index in [9.17, 15) is 0 Å². The van der Waals surface area contributed by atoms with E-state index in [-0.39, 0.29) is 0 Å². The molecule has 6 rings (SSSR count). The number of nitrogens with zero attached hydrogens (tertiary/aromatic N) is 1. The Balaban J connectivity index is 1.39. The Kier molecular flexibility index (Phi) is 5.04. The third-order valence-electron chi connectivity index (χ3n) is 6.21. The van der Waals surface area contributed by atoms with Crippen LogP contribution >= 0.6 is 0 Å². The molecule has 2 heterocycles. The van der Waals surface area contributed by atoms with Gasteiger partial charge in [0.2, 0.25) is 0 Å². The first kappa shape index (κ1) is 20.2. The van der Waals surface area contributed by atoms with Gasteiger partial charge in [0.05, 0.1) is 5.69 Å². The predicted octanol–water partition coefficient (Wildman–Crippen LogP) is 8.80. The summed E-state index contributed by atoms with van der Waals surface area (Å²) < 4.78 is 6.13. The lowest BCUT2D eigenvalue weighted by Crippen LogP contribution is -1.89. The summed E-state index contributed by atoms with van der Waals surface area (Å²) in [5.41, 5.74) is 9.93. The quantitative estimate of drug-likeness (QED) is 0.275. The van der Waals surface area contributed by atoms with E-state index in [2.05, 4.69) is 110 Å². The number of fused-ring (bicyclic) bond motifs is 1. The minimum atomic E-state index is 0.891. The molecule has 34 heavy (non-hydrogen) atoms. The molecule has 4 aromatic carbocycles. The summed E-state index contributed by atoms with van der Waals surface area (Å²) >= 11 is 0. The molecular formula is C32H23NO. The van der Waals surface area contributed by atoms with Crippen molar-refractivity contribution in [1.29, 1.82) is 0 Å². The van der Waals surface area contributed by atoms with E-state index in [0.29, 0.717) is 0 Å². The average molecular weight is 438 g/mol. The van der Waals surface area contributed by atoms with Crippen LogP contribution in [0.3, 0.4) is 0 Å². The van der Waals surface area contributed by atoms with Crippen molar-refractivity contribution in [1.82, 2.24) is 4.98 Å². The number of pyridine rings is 1. The topological polar surface area (TPSA) is 26.0 Å². The van der Waals surface area contributed by atoms with Crippen LogP contribution in [0, 0.1) is 6.92 Å². The van der Waals surface area contributed by atoms with E-state index >= 15 is 0 Å². The first-order chi connectivity index (χ1) is 16.7. The van der Waals surface area contributed by atoms with Crippen LogP contribution in [0.15, 0.2) is 126 Å². The Morgan fingerprint density at radius 3 is 2.15 bits per heavy atom. The van der Waals surface area contributed by atoms with Crippen LogP contribution in [0.1, 0.15) is 5.56 Å². The largest absolute Gasteiger partial charge is 0.456 e. The van der Waals surface area contributed by atoms with E-state index in [1.807, 2.05) is 18.3 Å². The van der Waals surface area contributed by atoms with Gasteiger partial charge in [-0.3, -0.25) is 4.98 Å². The second-order valence-electron chi connectivity index (χ2n) is 8.58. The molecular weight excluding hydrogens is 414 g/mol. The second kappa shape index (κ2) is 8.49. The van der Waals surface area contributed by atoms with E-state index in [0.717, 1.165) is 50.2 Å². The highest BCUT2D eigenvalue weighted by atomic mass is 16.3. The van der Waals surface area contributed by atoms with Gasteiger partial charge in [0, 0.05) is 28.3 Å². The van der Waals surface area contributed by atoms with Gasteiger partial charge in [0.25, 0.3) is 0 Å². The van der Waals surface area contributed by atoms with Crippen molar-refractivity contribution >= 4 is 11.0 Å². The van der Waals surface area contributed by atoms with E-state index < -0.39 is 0 Å². The van der Waals surface area contributed by atoms with Crippen molar-refractivity contribution < 1.29 is 4.42 Å². The van der Waals surface area contributed by atoms with Crippen LogP contribution in [0.5, 0.6) is 0 Å². The Labute approximate surface area is 199 Å². The van der Waals surface area contributed by atoms with Gasteiger partial charge in [-0.05, 0) is 53.9 Å². The fourth-order valence-corrected chi connectivity index (χ4v) is 4.42. The number of benzene rings is 4. The number of aromatic nitrogens is 1. The third kappa shape index (κ3) is 3.80. The molecule has 0 spiro atoms. The molecule has 0 aliphatic heterocycles. The molecule has 0 bridgehead atoms. The summed E-state index contributed by atoms with van der Waals surface area (Å²) in [5.74, 6) is 0.891.